The van der Waals surface area contributed by atoms with Crippen molar-refractivity contribution in [3.8, 4) is 5.75 Å². The normalized spacial score (nSPS) is 26.2. The Morgan fingerprint density at radius 3 is 2.57 bits per heavy atom. The van der Waals surface area contributed by atoms with Crippen LogP contribution in [0.15, 0.2) is 60.7 Å². The summed E-state index contributed by atoms with van der Waals surface area (Å²) < 4.78 is 19.8. The molecule has 3 aliphatic rings. The Balaban J connectivity index is 1.42. The van der Waals surface area contributed by atoms with E-state index in [2.05, 4.69) is 5.32 Å². The highest BCUT2D eigenvalue weighted by molar-refractivity contribution is 6.37. The predicted octanol–water partition coefficient (Wildman–Crippen LogP) is 5.77. The summed E-state index contributed by atoms with van der Waals surface area (Å²) in [4.78, 5) is 28.0. The molecule has 10 heteroatoms. The topological polar surface area (TPSA) is 84.7 Å². The Kier molecular flexibility index (Phi) is 5.86. The third-order valence-electron chi connectivity index (χ3n) is 7.83. The van der Waals surface area contributed by atoms with Gasteiger partial charge in [0.15, 0.2) is 11.3 Å². The standard InChI is InChI=1S/C27H22Cl2FN3O4/c28-18-12-16(13-19(29)24(18)37-14-15-6-1-3-8-20(15)30)23-22-10-5-11-32(22)27(25(23)33(35)36)17-7-2-4-9-21(17)31-26(27)34/h1-4,6-9,12-13,22-23,25H,5,10-11,14H2,(H,31,34)/t22-,23-,25-,27+/m1/s1. The number of fused-ring (bicyclic) bond motifs is 4. The molecule has 0 aromatic heterocycles. The first-order valence-corrected chi connectivity index (χ1v) is 12.8. The molecule has 0 radical (unpaired) electrons. The first-order valence-electron chi connectivity index (χ1n) is 12.0. The van der Waals surface area contributed by atoms with Gasteiger partial charge in [-0.15, -0.1) is 0 Å². The second-order valence-electron chi connectivity index (χ2n) is 9.62. The van der Waals surface area contributed by atoms with Crippen molar-refractivity contribution in [1.82, 2.24) is 4.90 Å². The summed E-state index contributed by atoms with van der Waals surface area (Å²) >= 11 is 13.2. The van der Waals surface area contributed by atoms with Crippen molar-refractivity contribution in [3.63, 3.8) is 0 Å². The number of amides is 1. The lowest BCUT2D eigenvalue weighted by Gasteiger charge is -2.32. The highest BCUT2D eigenvalue weighted by Gasteiger charge is 2.73. The molecule has 37 heavy (non-hydrogen) atoms. The van der Waals surface area contributed by atoms with Crippen molar-refractivity contribution in [2.24, 2.45) is 0 Å². The molecular weight excluding hydrogens is 520 g/mol. The second kappa shape index (κ2) is 8.97. The minimum absolute atomic E-state index is 0.0805. The maximum absolute atomic E-state index is 14.0. The molecule has 2 saturated heterocycles. The Labute approximate surface area is 222 Å². The van der Waals surface area contributed by atoms with Crippen LogP contribution in [0.2, 0.25) is 10.0 Å². The number of halogens is 3. The molecule has 0 bridgehead atoms. The highest BCUT2D eigenvalue weighted by atomic mass is 35.5. The molecule has 3 aromatic carbocycles. The van der Waals surface area contributed by atoms with Crippen molar-refractivity contribution in [1.29, 1.82) is 0 Å². The molecule has 7 nitrogen and oxygen atoms in total. The third kappa shape index (κ3) is 3.54. The van der Waals surface area contributed by atoms with E-state index in [1.165, 1.54) is 6.07 Å². The van der Waals surface area contributed by atoms with E-state index in [1.54, 1.807) is 54.6 Å². The van der Waals surface area contributed by atoms with Gasteiger partial charge in [-0.2, -0.15) is 0 Å². The van der Waals surface area contributed by atoms with E-state index in [4.69, 9.17) is 27.9 Å². The average molecular weight is 542 g/mol. The second-order valence-corrected chi connectivity index (χ2v) is 10.4. The Morgan fingerprint density at radius 2 is 1.84 bits per heavy atom. The van der Waals surface area contributed by atoms with E-state index in [0.717, 1.165) is 6.42 Å². The minimum Gasteiger partial charge on any atom is -0.486 e. The summed E-state index contributed by atoms with van der Waals surface area (Å²) in [6.07, 6.45) is 1.51. The number of carbonyl (C=O) groups is 1. The number of para-hydroxylation sites is 1. The van der Waals surface area contributed by atoms with Crippen molar-refractivity contribution < 1.29 is 18.8 Å². The van der Waals surface area contributed by atoms with Crippen LogP contribution in [0.1, 0.15) is 35.4 Å². The van der Waals surface area contributed by atoms with Gasteiger partial charge >= 0.3 is 0 Å². The van der Waals surface area contributed by atoms with E-state index in [-0.39, 0.29) is 39.3 Å². The monoisotopic (exact) mass is 541 g/mol. The molecule has 3 aromatic rings. The number of ether oxygens (including phenoxy) is 1. The number of benzene rings is 3. The summed E-state index contributed by atoms with van der Waals surface area (Å²) in [5.74, 6) is -1.25. The van der Waals surface area contributed by atoms with Gasteiger partial charge in [0.05, 0.1) is 16.0 Å². The molecule has 190 valence electrons. The first kappa shape index (κ1) is 24.2. The lowest BCUT2D eigenvalue weighted by Crippen LogP contribution is -2.55. The van der Waals surface area contributed by atoms with Gasteiger partial charge < -0.3 is 10.1 Å². The summed E-state index contributed by atoms with van der Waals surface area (Å²) in [6, 6.07) is 15.1. The zero-order valence-electron chi connectivity index (χ0n) is 19.5. The van der Waals surface area contributed by atoms with Gasteiger partial charge in [0.2, 0.25) is 0 Å². The molecule has 0 saturated carbocycles. The van der Waals surface area contributed by atoms with Crippen LogP contribution >= 0.6 is 23.2 Å². The molecule has 2 fully saturated rings. The van der Waals surface area contributed by atoms with E-state index < -0.39 is 23.3 Å². The van der Waals surface area contributed by atoms with Crippen LogP contribution in [0.5, 0.6) is 5.75 Å². The summed E-state index contributed by atoms with van der Waals surface area (Å²) in [5, 5.41) is 16.0. The van der Waals surface area contributed by atoms with Crippen molar-refractivity contribution in [2.75, 3.05) is 11.9 Å². The van der Waals surface area contributed by atoms with Gasteiger partial charge in [0.1, 0.15) is 12.4 Å². The lowest BCUT2D eigenvalue weighted by atomic mass is 9.77. The predicted molar refractivity (Wildman–Crippen MR) is 137 cm³/mol. The van der Waals surface area contributed by atoms with Gasteiger partial charge in [0.25, 0.3) is 11.9 Å². The van der Waals surface area contributed by atoms with Crippen molar-refractivity contribution in [2.45, 2.75) is 43.0 Å². The van der Waals surface area contributed by atoms with Crippen LogP contribution in [0.25, 0.3) is 0 Å². The number of nitro groups is 1. The molecule has 3 heterocycles. The van der Waals surface area contributed by atoms with Crippen LogP contribution < -0.4 is 10.1 Å². The number of anilines is 1. The number of carbonyl (C=O) groups excluding carboxylic acids is 1. The molecule has 0 unspecified atom stereocenters. The zero-order chi connectivity index (χ0) is 25.9. The molecule has 1 spiro atoms. The molecular formula is C27H22Cl2FN3O4. The van der Waals surface area contributed by atoms with Gasteiger partial charge in [-0.05, 0) is 42.7 Å². The van der Waals surface area contributed by atoms with Crippen LogP contribution in [0.4, 0.5) is 10.1 Å². The average Bonchev–Trinajstić information content (AvgIpc) is 3.52. The fourth-order valence-corrected chi connectivity index (χ4v) is 7.06. The third-order valence-corrected chi connectivity index (χ3v) is 8.39. The number of nitrogens with one attached hydrogen (secondary N) is 1. The summed E-state index contributed by atoms with van der Waals surface area (Å²) in [6.45, 7) is 0.488. The number of rotatable bonds is 5. The van der Waals surface area contributed by atoms with Crippen LogP contribution in [-0.2, 0) is 16.9 Å². The van der Waals surface area contributed by atoms with Crippen LogP contribution in [0.3, 0.4) is 0 Å². The molecule has 3 aliphatic heterocycles. The Bertz CT molecular complexity index is 1410. The molecule has 1 N–H and O–H groups in total. The first-order chi connectivity index (χ1) is 17.8. The number of nitrogens with zero attached hydrogens (tertiary/aromatic N) is 2. The highest BCUT2D eigenvalue weighted by Crippen LogP contribution is 2.58. The van der Waals surface area contributed by atoms with Crippen molar-refractivity contribution in [3.05, 3.63) is 103 Å². The van der Waals surface area contributed by atoms with Gasteiger partial charge in [-0.25, -0.2) is 4.39 Å². The van der Waals surface area contributed by atoms with E-state index in [1.807, 2.05) is 4.90 Å². The number of hydrogen-bond acceptors (Lipinski definition) is 5. The van der Waals surface area contributed by atoms with E-state index in [0.29, 0.717) is 35.3 Å². The Hall–Kier alpha value is -3.20. The quantitative estimate of drug-likeness (QED) is 0.327. The Morgan fingerprint density at radius 1 is 1.14 bits per heavy atom. The lowest BCUT2D eigenvalue weighted by molar-refractivity contribution is -0.534. The van der Waals surface area contributed by atoms with Gasteiger partial charge in [0, 0.05) is 34.3 Å². The fraction of sp³-hybridized carbons (Fsp3) is 0.296. The zero-order valence-corrected chi connectivity index (χ0v) is 21.0. The maximum atomic E-state index is 14.0. The number of hydrogen-bond donors (Lipinski definition) is 1. The molecule has 6 rings (SSSR count). The SMILES string of the molecule is O=C1Nc2ccccc2[C@]12[C@H]([N+](=O)[O-])[C@H](c1cc(Cl)c(OCc3ccccc3F)c(Cl)c1)[C@H]1CCCN12. The van der Waals surface area contributed by atoms with Crippen LogP contribution in [0, 0.1) is 15.9 Å². The smallest absolute Gasteiger partial charge is 0.256 e. The fourth-order valence-electron chi connectivity index (χ4n) is 6.45. The summed E-state index contributed by atoms with van der Waals surface area (Å²) in [5.41, 5.74) is 0.709. The molecule has 4 atom stereocenters. The van der Waals surface area contributed by atoms with Gasteiger partial charge in [-0.1, -0.05) is 59.6 Å². The minimum atomic E-state index is -1.43. The largest absolute Gasteiger partial charge is 0.486 e. The maximum Gasteiger partial charge on any atom is 0.256 e. The summed E-state index contributed by atoms with van der Waals surface area (Å²) in [7, 11) is 0. The molecule has 0 aliphatic carbocycles. The van der Waals surface area contributed by atoms with Crippen LogP contribution in [-0.4, -0.2) is 34.4 Å². The molecule has 1 amide bonds. The van der Waals surface area contributed by atoms with E-state index in [9.17, 15) is 19.3 Å². The van der Waals surface area contributed by atoms with Gasteiger partial charge in [-0.3, -0.25) is 19.8 Å². The van der Waals surface area contributed by atoms with E-state index >= 15 is 0 Å². The van der Waals surface area contributed by atoms with Crippen molar-refractivity contribution >= 4 is 34.8 Å².